The number of amides is 1. The summed E-state index contributed by atoms with van der Waals surface area (Å²) in [6.45, 7) is 5.19. The Hall–Kier alpha value is -0.970. The van der Waals surface area contributed by atoms with Gasteiger partial charge >= 0.3 is 5.97 Å². The van der Waals surface area contributed by atoms with E-state index in [2.05, 4.69) is 0 Å². The number of hydrogen-bond acceptors (Lipinski definition) is 3. The summed E-state index contributed by atoms with van der Waals surface area (Å²) in [7, 11) is 0. The minimum atomic E-state index is -0.975. The van der Waals surface area contributed by atoms with Gasteiger partial charge in [0.25, 0.3) is 0 Å². The maximum absolute atomic E-state index is 11.5. The van der Waals surface area contributed by atoms with Crippen LogP contribution in [0.1, 0.15) is 20.8 Å². The number of carbonyl (C=O) groups excluding carboxylic acids is 1. The zero-order chi connectivity index (χ0) is 10.9. The Morgan fingerprint density at radius 3 is 2.64 bits per heavy atom. The number of carbonyl (C=O) groups is 2. The molecule has 0 radical (unpaired) electrons. The Balaban J connectivity index is 3.00. The van der Waals surface area contributed by atoms with E-state index in [9.17, 15) is 9.59 Å². The second-order valence-electron chi connectivity index (χ2n) is 3.21. The van der Waals surface area contributed by atoms with Gasteiger partial charge in [0.15, 0.2) is 0 Å². The summed E-state index contributed by atoms with van der Waals surface area (Å²) in [5, 5.41) is 8.83. The molecule has 0 fully saturated rings. The lowest BCUT2D eigenvalue weighted by Crippen LogP contribution is -2.44. The summed E-state index contributed by atoms with van der Waals surface area (Å²) < 4.78 is 0. The van der Waals surface area contributed by atoms with Crippen molar-refractivity contribution in [1.29, 1.82) is 0 Å². The van der Waals surface area contributed by atoms with Gasteiger partial charge in [0.05, 0.1) is 5.75 Å². The van der Waals surface area contributed by atoms with Crippen molar-refractivity contribution in [3.05, 3.63) is 10.6 Å². The van der Waals surface area contributed by atoms with Crippen molar-refractivity contribution >= 4 is 23.6 Å². The molecule has 4 nitrogen and oxygen atoms in total. The van der Waals surface area contributed by atoms with Crippen LogP contribution in [-0.2, 0) is 9.59 Å². The molecular formula is C9H13NO3S. The summed E-state index contributed by atoms with van der Waals surface area (Å²) in [6.07, 6.45) is 0. The number of rotatable bonds is 2. The molecule has 1 aliphatic rings. The lowest BCUT2D eigenvalue weighted by atomic mass is 10.2. The average molecular weight is 215 g/mol. The summed E-state index contributed by atoms with van der Waals surface area (Å²) in [6, 6.07) is -0.779. The van der Waals surface area contributed by atoms with E-state index in [4.69, 9.17) is 5.11 Å². The molecule has 1 heterocycles. The van der Waals surface area contributed by atoms with E-state index in [1.807, 2.05) is 6.92 Å². The molecule has 1 unspecified atom stereocenters. The van der Waals surface area contributed by atoms with Gasteiger partial charge in [-0.3, -0.25) is 4.79 Å². The Morgan fingerprint density at radius 2 is 2.14 bits per heavy atom. The molecule has 1 atom stereocenters. The second-order valence-corrected chi connectivity index (χ2v) is 4.40. The largest absolute Gasteiger partial charge is 0.480 e. The van der Waals surface area contributed by atoms with E-state index >= 15 is 0 Å². The molecule has 1 amide bonds. The molecule has 14 heavy (non-hydrogen) atoms. The van der Waals surface area contributed by atoms with Crippen molar-refractivity contribution in [1.82, 2.24) is 4.90 Å². The molecule has 1 N–H and O–H groups in total. The summed E-state index contributed by atoms with van der Waals surface area (Å²) in [5.41, 5.74) is 0.751. The molecule has 0 saturated heterocycles. The molecule has 5 heteroatoms. The first-order valence-corrected chi connectivity index (χ1v) is 5.29. The SMILES string of the molecule is CC1=C(C)N(C(C)C(=O)O)C(=O)CS1. The molecule has 1 rings (SSSR count). The molecule has 0 aliphatic carbocycles. The van der Waals surface area contributed by atoms with Gasteiger partial charge in [0.1, 0.15) is 6.04 Å². The zero-order valence-electron chi connectivity index (χ0n) is 8.40. The van der Waals surface area contributed by atoms with Gasteiger partial charge in [0, 0.05) is 10.6 Å². The van der Waals surface area contributed by atoms with Crippen LogP contribution in [0.4, 0.5) is 0 Å². The van der Waals surface area contributed by atoms with Crippen LogP contribution in [0.2, 0.25) is 0 Å². The average Bonchev–Trinajstić information content (AvgIpc) is 2.12. The van der Waals surface area contributed by atoms with Crippen LogP contribution in [0.25, 0.3) is 0 Å². The Kier molecular flexibility index (Phi) is 3.21. The highest BCUT2D eigenvalue weighted by atomic mass is 32.2. The van der Waals surface area contributed by atoms with Gasteiger partial charge in [-0.25, -0.2) is 4.79 Å². The fraction of sp³-hybridized carbons (Fsp3) is 0.556. The number of carboxylic acid groups (broad SMARTS) is 1. The van der Waals surface area contributed by atoms with Gasteiger partial charge in [-0.1, -0.05) is 0 Å². The highest BCUT2D eigenvalue weighted by Crippen LogP contribution is 2.28. The molecule has 0 aromatic carbocycles. The van der Waals surface area contributed by atoms with Crippen molar-refractivity contribution < 1.29 is 14.7 Å². The topological polar surface area (TPSA) is 57.6 Å². The number of aliphatic carboxylic acids is 1. The van der Waals surface area contributed by atoms with Gasteiger partial charge in [-0.15, -0.1) is 11.8 Å². The van der Waals surface area contributed by atoms with Crippen molar-refractivity contribution in [3.63, 3.8) is 0 Å². The van der Waals surface area contributed by atoms with Crippen LogP contribution in [0, 0.1) is 0 Å². The van der Waals surface area contributed by atoms with Gasteiger partial charge in [0.2, 0.25) is 5.91 Å². The number of nitrogens with zero attached hydrogens (tertiary/aromatic N) is 1. The number of hydrogen-bond donors (Lipinski definition) is 1. The van der Waals surface area contributed by atoms with Gasteiger partial charge in [-0.05, 0) is 20.8 Å². The molecule has 0 saturated carbocycles. The van der Waals surface area contributed by atoms with Crippen LogP contribution in [0.15, 0.2) is 10.6 Å². The second kappa shape index (κ2) is 4.04. The van der Waals surface area contributed by atoms with Gasteiger partial charge < -0.3 is 10.0 Å². The smallest absolute Gasteiger partial charge is 0.326 e. The Morgan fingerprint density at radius 1 is 1.57 bits per heavy atom. The predicted octanol–water partition coefficient (Wildman–Crippen LogP) is 1.29. The molecule has 0 bridgehead atoms. The number of thioether (sulfide) groups is 1. The third-order valence-corrected chi connectivity index (χ3v) is 3.42. The van der Waals surface area contributed by atoms with Crippen LogP contribution in [0.3, 0.4) is 0 Å². The highest BCUT2D eigenvalue weighted by molar-refractivity contribution is 8.03. The molecule has 0 aromatic heterocycles. The lowest BCUT2D eigenvalue weighted by molar-refractivity contribution is -0.146. The normalized spacial score (nSPS) is 19.9. The van der Waals surface area contributed by atoms with Crippen LogP contribution in [-0.4, -0.2) is 33.7 Å². The Bertz CT molecular complexity index is 311. The lowest BCUT2D eigenvalue weighted by Gasteiger charge is -2.31. The van der Waals surface area contributed by atoms with Crippen molar-refractivity contribution in [2.75, 3.05) is 5.75 Å². The molecule has 0 spiro atoms. The van der Waals surface area contributed by atoms with E-state index in [-0.39, 0.29) is 5.91 Å². The fourth-order valence-electron chi connectivity index (χ4n) is 1.32. The van der Waals surface area contributed by atoms with E-state index in [1.165, 1.54) is 23.6 Å². The minimum absolute atomic E-state index is 0.131. The van der Waals surface area contributed by atoms with E-state index in [0.717, 1.165) is 10.6 Å². The third kappa shape index (κ3) is 1.92. The molecule has 0 aromatic rings. The monoisotopic (exact) mass is 215 g/mol. The van der Waals surface area contributed by atoms with Crippen LogP contribution >= 0.6 is 11.8 Å². The maximum atomic E-state index is 11.5. The third-order valence-electron chi connectivity index (χ3n) is 2.30. The summed E-state index contributed by atoms with van der Waals surface area (Å²) >= 11 is 1.46. The standard InChI is InChI=1S/C9H13NO3S/c1-5-7(3)14-4-8(11)10(5)6(2)9(12)13/h6H,4H2,1-3H3,(H,12,13). The Labute approximate surface area is 87.0 Å². The molecular weight excluding hydrogens is 202 g/mol. The van der Waals surface area contributed by atoms with E-state index in [0.29, 0.717) is 5.75 Å². The number of allylic oxidation sites excluding steroid dienone is 2. The first kappa shape index (κ1) is 11.1. The fourth-order valence-corrected chi connectivity index (χ4v) is 2.10. The van der Waals surface area contributed by atoms with E-state index < -0.39 is 12.0 Å². The first-order chi connectivity index (χ1) is 6.45. The first-order valence-electron chi connectivity index (χ1n) is 4.30. The quantitative estimate of drug-likeness (QED) is 0.754. The van der Waals surface area contributed by atoms with E-state index in [1.54, 1.807) is 6.92 Å². The maximum Gasteiger partial charge on any atom is 0.326 e. The van der Waals surface area contributed by atoms with Crippen molar-refractivity contribution in [2.45, 2.75) is 26.8 Å². The summed E-state index contributed by atoms with van der Waals surface area (Å²) in [5.74, 6) is -0.772. The molecule has 1 aliphatic heterocycles. The zero-order valence-corrected chi connectivity index (χ0v) is 9.22. The van der Waals surface area contributed by atoms with Crippen molar-refractivity contribution in [2.24, 2.45) is 0 Å². The summed E-state index contributed by atoms with van der Waals surface area (Å²) in [4.78, 5) is 24.6. The van der Waals surface area contributed by atoms with Crippen LogP contribution in [0.5, 0.6) is 0 Å². The molecule has 78 valence electrons. The number of carboxylic acids is 1. The minimum Gasteiger partial charge on any atom is -0.480 e. The van der Waals surface area contributed by atoms with Crippen molar-refractivity contribution in [3.8, 4) is 0 Å². The van der Waals surface area contributed by atoms with Gasteiger partial charge in [-0.2, -0.15) is 0 Å². The van der Waals surface area contributed by atoms with Crippen LogP contribution < -0.4 is 0 Å². The predicted molar refractivity (Wildman–Crippen MR) is 54.8 cm³/mol. The highest BCUT2D eigenvalue weighted by Gasteiger charge is 2.30.